The number of rotatable bonds is 3. The molecule has 0 aliphatic rings. The van der Waals surface area contributed by atoms with Crippen LogP contribution in [-0.4, -0.2) is 17.2 Å². The van der Waals surface area contributed by atoms with Crippen molar-refractivity contribution < 1.29 is 9.90 Å². The molecule has 4 nitrogen and oxygen atoms in total. The Morgan fingerprint density at radius 2 is 1.80 bits per heavy atom. The maximum atomic E-state index is 11.7. The number of carbonyl (C=O) groups excluding carboxylic acids is 1. The molecule has 0 saturated carbocycles. The molecule has 1 amide bonds. The quantitative estimate of drug-likeness (QED) is 0.674. The highest BCUT2D eigenvalue weighted by Crippen LogP contribution is 2.21. The van der Waals surface area contributed by atoms with Crippen LogP contribution in [0.5, 0.6) is 5.75 Å². The minimum absolute atomic E-state index is 0.0980. The van der Waals surface area contributed by atoms with Crippen molar-refractivity contribution in [3.05, 3.63) is 63.6 Å². The summed E-state index contributed by atoms with van der Waals surface area (Å²) in [6, 6.07) is 10.9. The molecule has 0 heterocycles. The molecule has 0 radical (unpaired) electrons. The maximum Gasteiger partial charge on any atom is 0.271 e. The van der Waals surface area contributed by atoms with Gasteiger partial charge in [0.05, 0.1) is 16.3 Å². The van der Waals surface area contributed by atoms with Gasteiger partial charge in [0.2, 0.25) is 0 Å². The Kier molecular flexibility index (Phi) is 4.61. The monoisotopic (exact) mass is 308 g/mol. The number of nitrogens with one attached hydrogen (secondary N) is 1. The Balaban J connectivity index is 2.00. The number of nitrogens with zero attached hydrogens (tertiary/aromatic N) is 1. The van der Waals surface area contributed by atoms with Crippen LogP contribution in [0.25, 0.3) is 0 Å². The van der Waals surface area contributed by atoms with Gasteiger partial charge in [0.25, 0.3) is 5.91 Å². The smallest absolute Gasteiger partial charge is 0.271 e. The van der Waals surface area contributed by atoms with E-state index in [1.807, 2.05) is 0 Å². The minimum atomic E-state index is -0.374. The van der Waals surface area contributed by atoms with Crippen molar-refractivity contribution in [2.45, 2.75) is 0 Å². The number of phenols is 1. The molecule has 0 saturated heterocycles. The average molecular weight is 309 g/mol. The average Bonchev–Trinajstić information content (AvgIpc) is 2.43. The fourth-order valence-corrected chi connectivity index (χ4v) is 1.74. The van der Waals surface area contributed by atoms with E-state index in [0.717, 1.165) is 0 Å². The summed E-state index contributed by atoms with van der Waals surface area (Å²) in [7, 11) is 0. The molecule has 2 aromatic rings. The molecule has 102 valence electrons. The summed E-state index contributed by atoms with van der Waals surface area (Å²) in [5.74, 6) is -0.276. The van der Waals surface area contributed by atoms with E-state index in [1.165, 1.54) is 30.5 Å². The highest BCUT2D eigenvalue weighted by molar-refractivity contribution is 6.42. The largest absolute Gasteiger partial charge is 0.508 e. The number of phenolic OH excluding ortho intramolecular Hbond substituents is 1. The van der Waals surface area contributed by atoms with Crippen LogP contribution < -0.4 is 5.43 Å². The molecule has 0 aromatic heterocycles. The summed E-state index contributed by atoms with van der Waals surface area (Å²) in [4.78, 5) is 11.7. The Hall–Kier alpha value is -2.04. The summed E-state index contributed by atoms with van der Waals surface area (Å²) < 4.78 is 0. The van der Waals surface area contributed by atoms with Gasteiger partial charge >= 0.3 is 0 Å². The molecular weight excluding hydrogens is 299 g/mol. The van der Waals surface area contributed by atoms with Crippen LogP contribution in [-0.2, 0) is 0 Å². The predicted octanol–water partition coefficient (Wildman–Crippen LogP) is 3.46. The molecule has 0 unspecified atom stereocenters. The molecule has 0 aliphatic heterocycles. The van der Waals surface area contributed by atoms with E-state index in [2.05, 4.69) is 10.5 Å². The van der Waals surface area contributed by atoms with Gasteiger partial charge < -0.3 is 5.11 Å². The third-order valence-electron chi connectivity index (χ3n) is 2.45. The summed E-state index contributed by atoms with van der Waals surface area (Å²) in [6.45, 7) is 0. The number of carbonyl (C=O) groups is 1. The van der Waals surface area contributed by atoms with Gasteiger partial charge in [-0.25, -0.2) is 5.43 Å². The molecule has 0 fully saturated rings. The van der Waals surface area contributed by atoms with Gasteiger partial charge in [-0.3, -0.25) is 4.79 Å². The van der Waals surface area contributed by atoms with Crippen molar-refractivity contribution >= 4 is 35.3 Å². The molecule has 0 spiro atoms. The fraction of sp³-hybridized carbons (Fsp3) is 0. The van der Waals surface area contributed by atoms with Crippen molar-refractivity contribution in [3.8, 4) is 5.75 Å². The predicted molar refractivity (Wildman–Crippen MR) is 79.6 cm³/mol. The zero-order valence-electron chi connectivity index (χ0n) is 10.2. The van der Waals surface area contributed by atoms with Gasteiger partial charge in [-0.1, -0.05) is 29.3 Å². The van der Waals surface area contributed by atoms with Crippen molar-refractivity contribution in [3.63, 3.8) is 0 Å². The molecule has 6 heteroatoms. The number of halogens is 2. The fourth-order valence-electron chi connectivity index (χ4n) is 1.44. The minimum Gasteiger partial charge on any atom is -0.508 e. The Morgan fingerprint density at radius 1 is 1.10 bits per heavy atom. The number of hydrogen-bond donors (Lipinski definition) is 2. The third-order valence-corrected chi connectivity index (χ3v) is 3.19. The van der Waals surface area contributed by atoms with Crippen LogP contribution in [0.4, 0.5) is 0 Å². The first kappa shape index (κ1) is 14.4. The lowest BCUT2D eigenvalue weighted by Gasteiger charge is -2.00. The van der Waals surface area contributed by atoms with Crippen molar-refractivity contribution in [2.75, 3.05) is 0 Å². The zero-order chi connectivity index (χ0) is 14.5. The Bertz CT molecular complexity index is 655. The molecule has 0 atom stereocenters. The first-order valence-corrected chi connectivity index (χ1v) is 6.39. The Labute approximate surface area is 125 Å². The van der Waals surface area contributed by atoms with E-state index in [0.29, 0.717) is 21.2 Å². The van der Waals surface area contributed by atoms with E-state index >= 15 is 0 Å². The van der Waals surface area contributed by atoms with Gasteiger partial charge in [-0.2, -0.15) is 5.10 Å². The van der Waals surface area contributed by atoms with E-state index in [-0.39, 0.29) is 11.7 Å². The lowest BCUT2D eigenvalue weighted by atomic mass is 10.2. The molecule has 2 aromatic carbocycles. The van der Waals surface area contributed by atoms with Crippen LogP contribution in [0.15, 0.2) is 47.6 Å². The van der Waals surface area contributed by atoms with Crippen molar-refractivity contribution in [1.82, 2.24) is 5.43 Å². The van der Waals surface area contributed by atoms with Gasteiger partial charge in [0.15, 0.2) is 0 Å². The van der Waals surface area contributed by atoms with Gasteiger partial charge in [-0.15, -0.1) is 0 Å². The SMILES string of the molecule is O=C(N/N=C\c1ccc(Cl)c(Cl)c1)c1ccc(O)cc1. The summed E-state index contributed by atoms with van der Waals surface area (Å²) in [5.41, 5.74) is 3.48. The third kappa shape index (κ3) is 3.73. The number of benzene rings is 2. The highest BCUT2D eigenvalue weighted by Gasteiger charge is 2.03. The molecule has 20 heavy (non-hydrogen) atoms. The number of hydrogen-bond acceptors (Lipinski definition) is 3. The van der Waals surface area contributed by atoms with Gasteiger partial charge in [0, 0.05) is 5.56 Å². The summed E-state index contributed by atoms with van der Waals surface area (Å²) >= 11 is 11.7. The number of hydrazone groups is 1. The lowest BCUT2D eigenvalue weighted by Crippen LogP contribution is -2.17. The lowest BCUT2D eigenvalue weighted by molar-refractivity contribution is 0.0955. The normalized spacial score (nSPS) is 10.7. The van der Waals surface area contributed by atoms with E-state index in [9.17, 15) is 4.79 Å². The number of aromatic hydroxyl groups is 1. The molecule has 0 bridgehead atoms. The first-order chi connectivity index (χ1) is 9.56. The number of amides is 1. The molecule has 2 N–H and O–H groups in total. The van der Waals surface area contributed by atoms with E-state index < -0.39 is 0 Å². The van der Waals surface area contributed by atoms with Crippen LogP contribution >= 0.6 is 23.2 Å². The summed E-state index contributed by atoms with van der Waals surface area (Å²) in [5, 5.41) is 13.8. The molecular formula is C14H10Cl2N2O2. The molecule has 0 aliphatic carbocycles. The second-order valence-electron chi connectivity index (χ2n) is 3.92. The second-order valence-corrected chi connectivity index (χ2v) is 4.73. The zero-order valence-corrected chi connectivity index (χ0v) is 11.7. The van der Waals surface area contributed by atoms with E-state index in [1.54, 1.807) is 18.2 Å². The summed E-state index contributed by atoms with van der Waals surface area (Å²) in [6.07, 6.45) is 1.46. The maximum absolute atomic E-state index is 11.7. The van der Waals surface area contributed by atoms with Crippen LogP contribution in [0, 0.1) is 0 Å². The van der Waals surface area contributed by atoms with Crippen molar-refractivity contribution in [1.29, 1.82) is 0 Å². The van der Waals surface area contributed by atoms with Crippen LogP contribution in [0.1, 0.15) is 15.9 Å². The highest BCUT2D eigenvalue weighted by atomic mass is 35.5. The second kappa shape index (κ2) is 6.41. The van der Waals surface area contributed by atoms with Gasteiger partial charge in [0.1, 0.15) is 5.75 Å². The standard InChI is InChI=1S/C14H10Cl2N2O2/c15-12-6-1-9(7-13(12)16)8-17-18-14(20)10-2-4-11(19)5-3-10/h1-8,19H,(H,18,20)/b17-8-. The van der Waals surface area contributed by atoms with E-state index in [4.69, 9.17) is 28.3 Å². The van der Waals surface area contributed by atoms with Crippen LogP contribution in [0.2, 0.25) is 10.0 Å². The Morgan fingerprint density at radius 3 is 2.45 bits per heavy atom. The van der Waals surface area contributed by atoms with Crippen LogP contribution in [0.3, 0.4) is 0 Å². The topological polar surface area (TPSA) is 61.7 Å². The van der Waals surface area contributed by atoms with Gasteiger partial charge in [-0.05, 0) is 42.0 Å². The van der Waals surface area contributed by atoms with Crippen molar-refractivity contribution in [2.24, 2.45) is 5.10 Å². The molecule has 2 rings (SSSR count). The first-order valence-electron chi connectivity index (χ1n) is 5.64.